The zero-order valence-electron chi connectivity index (χ0n) is 38.0. The molecule has 1 aliphatic carbocycles. The molecular formula is C49H62F2N4O8. The monoisotopic (exact) mass is 872 g/mol. The predicted octanol–water partition coefficient (Wildman–Crippen LogP) is 6.24. The van der Waals surface area contributed by atoms with Gasteiger partial charge in [-0.3, -0.25) is 14.5 Å². The maximum Gasteiger partial charge on any atom is 0.344 e. The zero-order chi connectivity index (χ0) is 45.2. The first-order valence-electron chi connectivity index (χ1n) is 22.6. The van der Waals surface area contributed by atoms with Crippen molar-refractivity contribution in [3.05, 3.63) is 70.4 Å². The van der Waals surface area contributed by atoms with E-state index in [0.717, 1.165) is 34.5 Å². The number of benzene rings is 2. The molecule has 63 heavy (non-hydrogen) atoms. The Kier molecular flexibility index (Phi) is 10.4. The van der Waals surface area contributed by atoms with Crippen LogP contribution in [-0.2, 0) is 45.8 Å². The van der Waals surface area contributed by atoms with Crippen LogP contribution in [0.4, 0.5) is 14.5 Å². The van der Waals surface area contributed by atoms with E-state index in [9.17, 15) is 14.7 Å². The quantitative estimate of drug-likeness (QED) is 0.151. The Morgan fingerprint density at radius 1 is 1.02 bits per heavy atom. The summed E-state index contributed by atoms with van der Waals surface area (Å²) in [5.74, 6) is -5.69. The zero-order valence-corrected chi connectivity index (χ0v) is 38.0. The maximum absolute atomic E-state index is 15.5. The molecule has 12 nitrogen and oxygen atoms in total. The number of piperidine rings is 1. The SMILES string of the molecule is CC[C@]12C=CCN3CC[C@@]4(c5cc([C@@]6(C(=O)OC)C[C@H]7CC(C(C)(F)F)CN(CCc8c6[nH]c6ccc(C(C)C)cc86)C7)c(OC)cc5N(C)[C@H]4[C@@](O)(C(=O)OC)[C@@H]1OC(C)=O)[C@@H]32. The second-order valence-corrected chi connectivity index (χ2v) is 19.7. The number of nitrogens with one attached hydrogen (secondary N) is 1. The molecule has 0 radical (unpaired) electrons. The van der Waals surface area contributed by atoms with Crippen molar-refractivity contribution in [3.63, 3.8) is 0 Å². The molecule has 2 bridgehead atoms. The van der Waals surface area contributed by atoms with Crippen LogP contribution in [0.25, 0.3) is 10.9 Å². The van der Waals surface area contributed by atoms with E-state index in [1.54, 1.807) is 7.11 Å². The number of carbonyl (C=O) groups excluding carboxylic acids is 3. The standard InChI is InChI=1S/C49H62F2N4O8/c1-10-46-15-11-17-55-19-16-47(40(46)55)34-22-35(38(60-7)23-37(34)53(6)41(47)49(59,44(58)62-9)42(46)63-28(4)56)48(43(57)61-8)24-29-20-31(45(5,50)51)26-54(25-29)18-14-32-33-21-30(27(2)3)12-13-36(33)52-39(32)48/h11-13,15,21-23,27,29,31,40-42,52,59H,10,14,16-20,24-26H2,1-9H3/t29-,31?,40+,41-,42-,46-,47-,48+,49+/m1/s1. The molecule has 1 aromatic heterocycles. The molecule has 2 aromatic carbocycles. The van der Waals surface area contributed by atoms with Gasteiger partial charge in [0.25, 0.3) is 0 Å². The highest BCUT2D eigenvalue weighted by atomic mass is 19.3. The predicted molar refractivity (Wildman–Crippen MR) is 233 cm³/mol. The molecule has 3 aromatic rings. The number of methoxy groups -OCH3 is 3. The van der Waals surface area contributed by atoms with Gasteiger partial charge in [-0.05, 0) is 92.3 Å². The lowest BCUT2D eigenvalue weighted by molar-refractivity contribution is -0.228. The van der Waals surface area contributed by atoms with Crippen LogP contribution in [0, 0.1) is 17.3 Å². The number of likely N-dealkylation sites (N-methyl/N-ethyl adjacent to an activating group) is 1. The van der Waals surface area contributed by atoms with Crippen molar-refractivity contribution < 1.29 is 47.2 Å². The minimum absolute atomic E-state index is 0.152. The highest BCUT2D eigenvalue weighted by Gasteiger charge is 2.80. The topological polar surface area (TPSA) is 134 Å². The maximum atomic E-state index is 15.5. The summed E-state index contributed by atoms with van der Waals surface area (Å²) in [6.45, 7) is 11.1. The minimum atomic E-state index is -2.94. The van der Waals surface area contributed by atoms with Crippen molar-refractivity contribution in [1.82, 2.24) is 14.8 Å². The van der Waals surface area contributed by atoms with E-state index in [4.69, 9.17) is 18.9 Å². The van der Waals surface area contributed by atoms with Gasteiger partial charge in [0.05, 0.1) is 27.4 Å². The lowest BCUT2D eigenvalue weighted by Crippen LogP contribution is -2.81. The minimum Gasteiger partial charge on any atom is -0.496 e. The van der Waals surface area contributed by atoms with Crippen molar-refractivity contribution in [3.8, 4) is 5.75 Å². The molecule has 0 amide bonds. The number of hydrogen-bond acceptors (Lipinski definition) is 11. The molecule has 6 aliphatic rings. The summed E-state index contributed by atoms with van der Waals surface area (Å²) in [6.07, 6.45) is 4.54. The number of hydrogen-bond donors (Lipinski definition) is 2. The van der Waals surface area contributed by atoms with Crippen LogP contribution in [0.3, 0.4) is 0 Å². The van der Waals surface area contributed by atoms with Crippen LogP contribution >= 0.6 is 0 Å². The van der Waals surface area contributed by atoms with E-state index in [-0.39, 0.29) is 37.3 Å². The van der Waals surface area contributed by atoms with Crippen molar-refractivity contribution >= 4 is 34.5 Å². The van der Waals surface area contributed by atoms with Crippen molar-refractivity contribution in [2.45, 2.75) is 113 Å². The number of H-pyrrole nitrogens is 1. The third-order valence-electron chi connectivity index (χ3n) is 16.4. The average Bonchev–Trinajstić information content (AvgIpc) is 3.92. The molecule has 2 N–H and O–H groups in total. The molecule has 5 aliphatic heterocycles. The number of aliphatic hydroxyl groups is 1. The highest BCUT2D eigenvalue weighted by molar-refractivity contribution is 5.95. The smallest absolute Gasteiger partial charge is 0.344 e. The first-order chi connectivity index (χ1) is 29.9. The van der Waals surface area contributed by atoms with Gasteiger partial charge in [0, 0.05) is 96.9 Å². The number of anilines is 1. The number of carbonyl (C=O) groups is 3. The lowest BCUT2D eigenvalue weighted by Gasteiger charge is -2.63. The Morgan fingerprint density at radius 2 is 1.76 bits per heavy atom. The fourth-order valence-corrected chi connectivity index (χ4v) is 13.9. The second-order valence-electron chi connectivity index (χ2n) is 19.7. The molecule has 1 saturated carbocycles. The molecular weight excluding hydrogens is 811 g/mol. The normalized spacial score (nSPS) is 34.6. The molecule has 340 valence electrons. The van der Waals surface area contributed by atoms with Crippen molar-refractivity contribution in [2.75, 3.05) is 66.0 Å². The molecule has 10 atom stereocenters. The molecule has 6 heterocycles. The first kappa shape index (κ1) is 43.7. The third kappa shape index (κ3) is 5.94. The van der Waals surface area contributed by atoms with Crippen LogP contribution in [0.15, 0.2) is 42.5 Å². The largest absolute Gasteiger partial charge is 0.496 e. The average molecular weight is 873 g/mol. The fraction of sp³-hybridized carbons (Fsp3) is 0.612. The van der Waals surface area contributed by atoms with Gasteiger partial charge in [0.1, 0.15) is 11.2 Å². The van der Waals surface area contributed by atoms with E-state index in [2.05, 4.69) is 46.8 Å². The number of rotatable bonds is 8. The molecule has 1 spiro atoms. The van der Waals surface area contributed by atoms with Gasteiger partial charge in [0.15, 0.2) is 6.10 Å². The number of alkyl halides is 2. The number of aromatic nitrogens is 1. The van der Waals surface area contributed by atoms with Crippen molar-refractivity contribution in [2.24, 2.45) is 17.3 Å². The number of fused-ring (bicyclic) bond motifs is 6. The molecule has 9 rings (SSSR count). The summed E-state index contributed by atoms with van der Waals surface area (Å²) in [7, 11) is 5.99. The van der Waals surface area contributed by atoms with Gasteiger partial charge in [0.2, 0.25) is 11.5 Å². The molecule has 2 unspecified atom stereocenters. The number of esters is 3. The molecule has 14 heteroatoms. The lowest BCUT2D eigenvalue weighted by atomic mass is 9.47. The highest BCUT2D eigenvalue weighted by Crippen LogP contribution is 2.68. The summed E-state index contributed by atoms with van der Waals surface area (Å²) >= 11 is 0. The Hall–Kier alpha value is -4.53. The van der Waals surface area contributed by atoms with Gasteiger partial charge in [-0.1, -0.05) is 39.0 Å². The van der Waals surface area contributed by atoms with Gasteiger partial charge in [-0.15, -0.1) is 0 Å². The van der Waals surface area contributed by atoms with Crippen LogP contribution in [-0.4, -0.2) is 129 Å². The first-order valence-corrected chi connectivity index (χ1v) is 22.6. The van der Waals surface area contributed by atoms with Crippen LogP contribution in [0.2, 0.25) is 0 Å². The van der Waals surface area contributed by atoms with E-state index in [0.29, 0.717) is 68.1 Å². The number of ether oxygens (including phenoxy) is 4. The van der Waals surface area contributed by atoms with Crippen LogP contribution in [0.1, 0.15) is 94.2 Å². The Labute approximate surface area is 368 Å². The van der Waals surface area contributed by atoms with Gasteiger partial charge < -0.3 is 38.8 Å². The fourth-order valence-electron chi connectivity index (χ4n) is 13.9. The second kappa shape index (κ2) is 15.0. The Morgan fingerprint density at radius 3 is 2.41 bits per heavy atom. The van der Waals surface area contributed by atoms with E-state index < -0.39 is 63.7 Å². The van der Waals surface area contributed by atoms with Crippen LogP contribution in [0.5, 0.6) is 5.75 Å². The summed E-state index contributed by atoms with van der Waals surface area (Å²) in [5, 5.41) is 14.3. The summed E-state index contributed by atoms with van der Waals surface area (Å²) < 4.78 is 54.9. The van der Waals surface area contributed by atoms with Gasteiger partial charge in [-0.2, -0.15) is 0 Å². The van der Waals surface area contributed by atoms with Gasteiger partial charge >= 0.3 is 17.9 Å². The summed E-state index contributed by atoms with van der Waals surface area (Å²) in [4.78, 5) is 53.1. The Balaban J connectivity index is 1.36. The van der Waals surface area contributed by atoms with Crippen LogP contribution < -0.4 is 9.64 Å². The number of aromatic amines is 1. The summed E-state index contributed by atoms with van der Waals surface area (Å²) in [5.41, 5.74) is -0.371. The third-order valence-corrected chi connectivity index (χ3v) is 16.4. The van der Waals surface area contributed by atoms with E-state index in [1.807, 2.05) is 43.2 Å². The number of halogens is 2. The van der Waals surface area contributed by atoms with Crippen molar-refractivity contribution in [1.29, 1.82) is 0 Å². The Bertz CT molecular complexity index is 2400. The number of nitrogens with zero attached hydrogens (tertiary/aromatic N) is 3. The van der Waals surface area contributed by atoms with E-state index in [1.165, 1.54) is 21.1 Å². The molecule has 2 saturated heterocycles. The van der Waals surface area contributed by atoms with E-state index >= 15 is 13.6 Å². The van der Waals surface area contributed by atoms with Gasteiger partial charge in [-0.25, -0.2) is 13.6 Å². The molecule has 3 fully saturated rings. The summed E-state index contributed by atoms with van der Waals surface area (Å²) in [6, 6.07) is 8.91.